The van der Waals surface area contributed by atoms with E-state index in [0.29, 0.717) is 37.9 Å². The van der Waals surface area contributed by atoms with Gasteiger partial charge in [-0.25, -0.2) is 0 Å². The number of hydrogen-bond acceptors (Lipinski definition) is 8. The van der Waals surface area contributed by atoms with Crippen LogP contribution in [0.3, 0.4) is 0 Å². The highest BCUT2D eigenvalue weighted by Crippen LogP contribution is 2.29. The van der Waals surface area contributed by atoms with Gasteiger partial charge in [-0.05, 0) is 32.0 Å². The fourth-order valence-electron chi connectivity index (χ4n) is 4.92. The first-order valence-electron chi connectivity index (χ1n) is 11.8. The standard InChI is InChI=1S/C25H27N5O4/c31-25-24-20(16-34-28-24)19-3-1-2-4-21(19)30(25)10-9-29-7-5-17(6-8-29)26-14-18-13-22-23(15-27-18)33-12-11-32-22/h1-4,13,15-17,26H,5-12,14H2. The van der Waals surface area contributed by atoms with Crippen LogP contribution in [-0.2, 0) is 13.1 Å². The van der Waals surface area contributed by atoms with Gasteiger partial charge in [-0.3, -0.25) is 9.78 Å². The van der Waals surface area contributed by atoms with Crippen LogP contribution in [0.25, 0.3) is 21.8 Å². The van der Waals surface area contributed by atoms with Gasteiger partial charge in [-0.1, -0.05) is 23.4 Å². The molecule has 1 fully saturated rings. The molecule has 1 N–H and O–H groups in total. The van der Waals surface area contributed by atoms with Crippen molar-refractivity contribution >= 4 is 21.8 Å². The molecular weight excluding hydrogens is 434 g/mol. The van der Waals surface area contributed by atoms with Gasteiger partial charge in [0.2, 0.25) is 0 Å². The number of nitrogens with zero attached hydrogens (tertiary/aromatic N) is 4. The fourth-order valence-corrected chi connectivity index (χ4v) is 4.92. The molecule has 0 atom stereocenters. The molecule has 176 valence electrons. The van der Waals surface area contributed by atoms with E-state index in [2.05, 4.69) is 20.4 Å². The lowest BCUT2D eigenvalue weighted by atomic mass is 10.0. The number of benzene rings is 1. The van der Waals surface area contributed by atoms with Gasteiger partial charge >= 0.3 is 0 Å². The van der Waals surface area contributed by atoms with Crippen LogP contribution in [0.5, 0.6) is 11.5 Å². The summed E-state index contributed by atoms with van der Waals surface area (Å²) in [5, 5.41) is 9.35. The molecule has 6 rings (SSSR count). The number of hydrogen-bond donors (Lipinski definition) is 1. The van der Waals surface area contributed by atoms with Gasteiger partial charge in [0.05, 0.1) is 22.8 Å². The quantitative estimate of drug-likeness (QED) is 0.468. The van der Waals surface area contributed by atoms with Crippen LogP contribution in [0.2, 0.25) is 0 Å². The molecule has 0 aliphatic carbocycles. The first-order valence-corrected chi connectivity index (χ1v) is 11.8. The number of nitrogens with one attached hydrogen (secondary N) is 1. The van der Waals surface area contributed by atoms with Gasteiger partial charge in [-0.15, -0.1) is 0 Å². The Balaban J connectivity index is 1.06. The summed E-state index contributed by atoms with van der Waals surface area (Å²) in [5.41, 5.74) is 2.19. The van der Waals surface area contributed by atoms with Crippen molar-refractivity contribution < 1.29 is 14.0 Å². The van der Waals surface area contributed by atoms with Crippen LogP contribution in [-0.4, -0.2) is 58.5 Å². The maximum atomic E-state index is 13.0. The van der Waals surface area contributed by atoms with Crippen LogP contribution >= 0.6 is 0 Å². The molecule has 0 saturated carbocycles. The zero-order valence-electron chi connectivity index (χ0n) is 18.9. The summed E-state index contributed by atoms with van der Waals surface area (Å²) in [6.45, 7) is 5.29. The van der Waals surface area contributed by atoms with E-state index in [9.17, 15) is 4.79 Å². The number of likely N-dealkylation sites (tertiary alicyclic amines) is 1. The highest BCUT2D eigenvalue weighted by Gasteiger charge is 2.20. The number of aromatic nitrogens is 3. The highest BCUT2D eigenvalue weighted by atomic mass is 16.6. The normalized spacial score (nSPS) is 16.9. The second kappa shape index (κ2) is 9.08. The van der Waals surface area contributed by atoms with Crippen molar-refractivity contribution in [3.63, 3.8) is 0 Å². The number of piperidine rings is 1. The number of ether oxygens (including phenoxy) is 2. The Morgan fingerprint density at radius 2 is 1.85 bits per heavy atom. The zero-order chi connectivity index (χ0) is 22.9. The van der Waals surface area contributed by atoms with E-state index >= 15 is 0 Å². The Kier molecular flexibility index (Phi) is 5.64. The van der Waals surface area contributed by atoms with Crippen molar-refractivity contribution in [3.05, 3.63) is 58.8 Å². The molecule has 3 aromatic heterocycles. The van der Waals surface area contributed by atoms with Crippen LogP contribution in [0.4, 0.5) is 0 Å². The first-order chi connectivity index (χ1) is 16.8. The summed E-state index contributed by atoms with van der Waals surface area (Å²) in [6.07, 6.45) is 5.42. The topological polar surface area (TPSA) is 94.7 Å². The Morgan fingerprint density at radius 3 is 2.74 bits per heavy atom. The van der Waals surface area contributed by atoms with E-state index in [1.807, 2.05) is 34.9 Å². The third-order valence-electron chi connectivity index (χ3n) is 6.79. The third kappa shape index (κ3) is 4.01. The number of pyridine rings is 2. The monoisotopic (exact) mass is 461 g/mol. The van der Waals surface area contributed by atoms with E-state index in [-0.39, 0.29) is 5.56 Å². The molecule has 9 heteroatoms. The molecule has 4 aromatic rings. The summed E-state index contributed by atoms with van der Waals surface area (Å²) in [5.74, 6) is 1.50. The van der Waals surface area contributed by atoms with Crippen molar-refractivity contribution in [3.8, 4) is 11.5 Å². The molecule has 1 aromatic carbocycles. The molecule has 2 aliphatic rings. The SMILES string of the molecule is O=c1c2nocc2c2ccccc2n1CCN1CCC(NCc2cc3c(cn2)OCCO3)CC1. The first kappa shape index (κ1) is 21.1. The molecule has 2 aliphatic heterocycles. The van der Waals surface area contributed by atoms with E-state index < -0.39 is 0 Å². The molecule has 0 amide bonds. The third-order valence-corrected chi connectivity index (χ3v) is 6.79. The fraction of sp³-hybridized carbons (Fsp3) is 0.400. The van der Waals surface area contributed by atoms with Crippen molar-refractivity contribution in [2.75, 3.05) is 32.8 Å². The smallest absolute Gasteiger partial charge is 0.281 e. The minimum absolute atomic E-state index is 0.0917. The summed E-state index contributed by atoms with van der Waals surface area (Å²) in [4.78, 5) is 19.9. The number of para-hydroxylation sites is 1. The van der Waals surface area contributed by atoms with Gasteiger partial charge in [0.15, 0.2) is 17.0 Å². The molecule has 0 spiro atoms. The van der Waals surface area contributed by atoms with Gasteiger partial charge in [0.25, 0.3) is 5.56 Å². The summed E-state index contributed by atoms with van der Waals surface area (Å²) in [7, 11) is 0. The maximum absolute atomic E-state index is 13.0. The van der Waals surface area contributed by atoms with Gasteiger partial charge in [0.1, 0.15) is 19.5 Å². The van der Waals surface area contributed by atoms with E-state index in [1.54, 1.807) is 12.5 Å². The van der Waals surface area contributed by atoms with E-state index in [4.69, 9.17) is 14.0 Å². The lowest BCUT2D eigenvalue weighted by molar-refractivity contribution is 0.170. The Labute approximate surface area is 196 Å². The highest BCUT2D eigenvalue weighted by molar-refractivity contribution is 6.03. The largest absolute Gasteiger partial charge is 0.486 e. The lowest BCUT2D eigenvalue weighted by Crippen LogP contribution is -2.43. The molecular formula is C25H27N5O4. The van der Waals surface area contributed by atoms with E-state index in [1.165, 1.54) is 0 Å². The van der Waals surface area contributed by atoms with E-state index in [0.717, 1.165) is 66.0 Å². The van der Waals surface area contributed by atoms with Crippen LogP contribution in [0.1, 0.15) is 18.5 Å². The summed E-state index contributed by atoms with van der Waals surface area (Å²) in [6, 6.07) is 10.3. The molecule has 0 radical (unpaired) electrons. The second-order valence-corrected chi connectivity index (χ2v) is 8.87. The Morgan fingerprint density at radius 1 is 1.03 bits per heavy atom. The lowest BCUT2D eigenvalue weighted by Gasteiger charge is -2.32. The van der Waals surface area contributed by atoms with Crippen molar-refractivity contribution in [1.82, 2.24) is 24.9 Å². The molecule has 1 saturated heterocycles. The average molecular weight is 462 g/mol. The Hall–Kier alpha value is -3.43. The molecule has 5 heterocycles. The van der Waals surface area contributed by atoms with Crippen molar-refractivity contribution in [1.29, 1.82) is 0 Å². The summed E-state index contributed by atoms with van der Waals surface area (Å²) < 4.78 is 18.1. The zero-order valence-corrected chi connectivity index (χ0v) is 18.9. The van der Waals surface area contributed by atoms with Gasteiger partial charge in [0, 0.05) is 37.1 Å². The number of rotatable bonds is 6. The maximum Gasteiger partial charge on any atom is 0.281 e. The predicted molar refractivity (Wildman–Crippen MR) is 127 cm³/mol. The van der Waals surface area contributed by atoms with Crippen LogP contribution in [0.15, 0.2) is 52.1 Å². The minimum atomic E-state index is -0.0917. The average Bonchev–Trinajstić information content (AvgIpc) is 3.39. The van der Waals surface area contributed by atoms with Crippen LogP contribution in [0, 0.1) is 0 Å². The number of fused-ring (bicyclic) bond motifs is 4. The molecule has 0 unspecified atom stereocenters. The van der Waals surface area contributed by atoms with Gasteiger partial charge in [-0.2, -0.15) is 0 Å². The molecule has 0 bridgehead atoms. The van der Waals surface area contributed by atoms with Crippen molar-refractivity contribution in [2.24, 2.45) is 0 Å². The van der Waals surface area contributed by atoms with Gasteiger partial charge < -0.3 is 28.8 Å². The van der Waals surface area contributed by atoms with Crippen molar-refractivity contribution in [2.45, 2.75) is 32.0 Å². The second-order valence-electron chi connectivity index (χ2n) is 8.87. The van der Waals surface area contributed by atoms with Crippen LogP contribution < -0.4 is 20.3 Å². The molecule has 34 heavy (non-hydrogen) atoms. The Bertz CT molecular complexity index is 1370. The minimum Gasteiger partial charge on any atom is -0.486 e. The molecule has 9 nitrogen and oxygen atoms in total. The summed E-state index contributed by atoms with van der Waals surface area (Å²) >= 11 is 0. The predicted octanol–water partition coefficient (Wildman–Crippen LogP) is 2.56.